The van der Waals surface area contributed by atoms with Crippen LogP contribution in [0.5, 0.6) is 0 Å². The Morgan fingerprint density at radius 2 is 1.79 bits per heavy atom. The van der Waals surface area contributed by atoms with Gasteiger partial charge in [0.05, 0.1) is 0 Å². The van der Waals surface area contributed by atoms with E-state index in [1.54, 1.807) is 4.90 Å². The van der Waals surface area contributed by atoms with Crippen molar-refractivity contribution in [3.05, 3.63) is 35.6 Å². The van der Waals surface area contributed by atoms with Crippen LogP contribution in [-0.2, 0) is 4.79 Å². The fourth-order valence-corrected chi connectivity index (χ4v) is 4.25. The monoisotopic (exact) mass is 389 g/mol. The largest absolute Gasteiger partial charge is 0.356 e. The molecule has 2 heterocycles. The molecule has 5 nitrogen and oxygen atoms in total. The normalized spacial score (nSPS) is 21.5. The molecule has 0 radical (unpaired) electrons. The fraction of sp³-hybridized carbons (Fsp3) is 0.636. The van der Waals surface area contributed by atoms with Crippen molar-refractivity contribution in [2.75, 3.05) is 32.7 Å². The Morgan fingerprint density at radius 3 is 2.46 bits per heavy atom. The molecule has 2 fully saturated rings. The Morgan fingerprint density at radius 1 is 1.07 bits per heavy atom. The number of carbonyl (C=O) groups excluding carboxylic acids is 2. The summed E-state index contributed by atoms with van der Waals surface area (Å²) in [5, 5.41) is 3.08. The first-order chi connectivity index (χ1) is 13.5. The van der Waals surface area contributed by atoms with Crippen LogP contribution in [0.25, 0.3) is 0 Å². The zero-order chi connectivity index (χ0) is 19.9. The second-order valence-electron chi connectivity index (χ2n) is 8.10. The van der Waals surface area contributed by atoms with Gasteiger partial charge in [0, 0.05) is 43.7 Å². The summed E-state index contributed by atoms with van der Waals surface area (Å²) in [5.74, 6) is -0.345. The van der Waals surface area contributed by atoms with E-state index in [4.69, 9.17) is 0 Å². The highest BCUT2D eigenvalue weighted by atomic mass is 19.1. The van der Waals surface area contributed by atoms with E-state index >= 15 is 0 Å². The second kappa shape index (κ2) is 10.0. The second-order valence-corrected chi connectivity index (χ2v) is 8.10. The van der Waals surface area contributed by atoms with Gasteiger partial charge in [-0.2, -0.15) is 0 Å². The van der Waals surface area contributed by atoms with Crippen LogP contribution in [0.1, 0.15) is 55.8 Å². The van der Waals surface area contributed by atoms with Gasteiger partial charge in [0.1, 0.15) is 5.82 Å². The van der Waals surface area contributed by atoms with Gasteiger partial charge in [0.2, 0.25) is 5.91 Å². The van der Waals surface area contributed by atoms with Gasteiger partial charge in [-0.15, -0.1) is 0 Å². The topological polar surface area (TPSA) is 52.7 Å². The van der Waals surface area contributed by atoms with Crippen molar-refractivity contribution in [1.29, 1.82) is 0 Å². The molecule has 28 heavy (non-hydrogen) atoms. The number of halogens is 1. The molecular weight excluding hydrogens is 357 g/mol. The molecule has 0 bridgehead atoms. The first kappa shape index (κ1) is 20.8. The zero-order valence-electron chi connectivity index (χ0n) is 16.8. The molecule has 0 spiro atoms. The van der Waals surface area contributed by atoms with E-state index in [9.17, 15) is 14.0 Å². The predicted molar refractivity (Wildman–Crippen MR) is 108 cm³/mol. The van der Waals surface area contributed by atoms with Crippen molar-refractivity contribution in [3.63, 3.8) is 0 Å². The summed E-state index contributed by atoms with van der Waals surface area (Å²) in [4.78, 5) is 29.2. The van der Waals surface area contributed by atoms with Gasteiger partial charge in [-0.1, -0.05) is 6.42 Å². The number of nitrogens with zero attached hydrogens (tertiary/aromatic N) is 2. The summed E-state index contributed by atoms with van der Waals surface area (Å²) < 4.78 is 13.0. The Balaban J connectivity index is 1.35. The lowest BCUT2D eigenvalue weighted by Crippen LogP contribution is -2.43. The molecule has 3 rings (SSSR count). The maximum atomic E-state index is 13.0. The van der Waals surface area contributed by atoms with Gasteiger partial charge in [-0.3, -0.25) is 9.59 Å². The highest BCUT2D eigenvalue weighted by molar-refractivity contribution is 5.94. The highest BCUT2D eigenvalue weighted by Gasteiger charge is 2.27. The number of carbonyl (C=O) groups is 2. The van der Waals surface area contributed by atoms with Crippen LogP contribution in [0, 0.1) is 11.7 Å². The van der Waals surface area contributed by atoms with Crippen LogP contribution in [-0.4, -0.2) is 60.4 Å². The molecule has 6 heteroatoms. The third-order valence-corrected chi connectivity index (χ3v) is 6.11. The van der Waals surface area contributed by atoms with Crippen molar-refractivity contribution in [3.8, 4) is 0 Å². The van der Waals surface area contributed by atoms with Gasteiger partial charge < -0.3 is 15.1 Å². The van der Waals surface area contributed by atoms with Crippen molar-refractivity contribution >= 4 is 11.8 Å². The number of benzene rings is 1. The Labute approximate surface area is 167 Å². The summed E-state index contributed by atoms with van der Waals surface area (Å²) in [6.45, 7) is 6.37. The van der Waals surface area contributed by atoms with Crippen molar-refractivity contribution in [2.45, 2.75) is 51.5 Å². The number of piperidine rings is 2. The molecule has 0 saturated carbocycles. The molecule has 1 aromatic carbocycles. The molecule has 1 atom stereocenters. The molecule has 2 aliphatic heterocycles. The molecule has 0 aromatic heterocycles. The van der Waals surface area contributed by atoms with Crippen molar-refractivity contribution in [2.24, 2.45) is 5.92 Å². The van der Waals surface area contributed by atoms with Gasteiger partial charge in [0.15, 0.2) is 0 Å². The van der Waals surface area contributed by atoms with Crippen LogP contribution in [0.15, 0.2) is 24.3 Å². The first-order valence-corrected chi connectivity index (χ1v) is 10.6. The molecule has 2 amide bonds. The van der Waals surface area contributed by atoms with Gasteiger partial charge >= 0.3 is 0 Å². The lowest BCUT2D eigenvalue weighted by molar-refractivity contribution is -0.126. The predicted octanol–water partition coefficient (Wildman–Crippen LogP) is 3.06. The lowest BCUT2D eigenvalue weighted by atomic mass is 9.95. The molecule has 0 aliphatic carbocycles. The third kappa shape index (κ3) is 5.53. The number of likely N-dealkylation sites (tertiary alicyclic amines) is 2. The van der Waals surface area contributed by atoms with E-state index in [1.807, 2.05) is 0 Å². The molecule has 2 aliphatic rings. The zero-order valence-corrected chi connectivity index (χ0v) is 16.8. The number of rotatable bonds is 6. The molecule has 1 aromatic rings. The van der Waals surface area contributed by atoms with E-state index in [-0.39, 0.29) is 23.5 Å². The summed E-state index contributed by atoms with van der Waals surface area (Å²) in [5.41, 5.74) is 0.497. The van der Waals surface area contributed by atoms with Gasteiger partial charge in [0.25, 0.3) is 5.91 Å². The van der Waals surface area contributed by atoms with Gasteiger partial charge in [-0.25, -0.2) is 4.39 Å². The van der Waals surface area contributed by atoms with E-state index in [1.165, 1.54) is 50.1 Å². The minimum absolute atomic E-state index is 0.0221. The summed E-state index contributed by atoms with van der Waals surface area (Å²) >= 11 is 0. The first-order valence-electron chi connectivity index (χ1n) is 10.6. The Hall–Kier alpha value is -1.95. The number of hydrogen-bond acceptors (Lipinski definition) is 3. The Bertz CT molecular complexity index is 656. The summed E-state index contributed by atoms with van der Waals surface area (Å²) in [6.07, 6.45) is 6.24. The lowest BCUT2D eigenvalue weighted by Gasteiger charge is -2.33. The van der Waals surface area contributed by atoms with Gasteiger partial charge in [-0.05, 0) is 69.8 Å². The molecule has 154 valence electrons. The molecule has 1 N–H and O–H groups in total. The average Bonchev–Trinajstić information content (AvgIpc) is 2.72. The smallest absolute Gasteiger partial charge is 0.253 e. The van der Waals surface area contributed by atoms with E-state index < -0.39 is 0 Å². The highest BCUT2D eigenvalue weighted by Crippen LogP contribution is 2.20. The fourth-order valence-electron chi connectivity index (χ4n) is 4.25. The molecule has 2 saturated heterocycles. The average molecular weight is 390 g/mol. The standard InChI is InChI=1S/C22H32FN3O2/c1-17-5-2-3-13-25(17)14-4-12-24-21(27)18-10-15-26(16-11-18)22(28)19-6-8-20(23)9-7-19/h6-9,17-18H,2-5,10-16H2,1H3,(H,24,27). The third-order valence-electron chi connectivity index (χ3n) is 6.11. The van der Waals surface area contributed by atoms with Crippen LogP contribution in [0.3, 0.4) is 0 Å². The SMILES string of the molecule is CC1CCCCN1CCCNC(=O)C1CCN(C(=O)c2ccc(F)cc2)CC1. The minimum Gasteiger partial charge on any atom is -0.356 e. The number of nitrogens with one attached hydrogen (secondary N) is 1. The quantitative estimate of drug-likeness (QED) is 0.761. The molecular formula is C22H32FN3O2. The number of hydrogen-bond donors (Lipinski definition) is 1. The maximum Gasteiger partial charge on any atom is 0.253 e. The van der Waals surface area contributed by atoms with Crippen molar-refractivity contribution in [1.82, 2.24) is 15.1 Å². The van der Waals surface area contributed by atoms with Crippen LogP contribution >= 0.6 is 0 Å². The molecule has 1 unspecified atom stereocenters. The van der Waals surface area contributed by atoms with Crippen LogP contribution in [0.2, 0.25) is 0 Å². The minimum atomic E-state index is -0.346. The number of amides is 2. The van der Waals surface area contributed by atoms with Crippen LogP contribution < -0.4 is 5.32 Å². The van der Waals surface area contributed by atoms with E-state index in [2.05, 4.69) is 17.1 Å². The summed E-state index contributed by atoms with van der Waals surface area (Å²) in [7, 11) is 0. The Kier molecular flexibility index (Phi) is 7.43. The van der Waals surface area contributed by atoms with E-state index in [0.717, 1.165) is 19.5 Å². The van der Waals surface area contributed by atoms with E-state index in [0.29, 0.717) is 37.5 Å². The van der Waals surface area contributed by atoms with Crippen molar-refractivity contribution < 1.29 is 14.0 Å². The summed E-state index contributed by atoms with van der Waals surface area (Å²) in [6, 6.07) is 6.29. The maximum absolute atomic E-state index is 13.0. The van der Waals surface area contributed by atoms with Crippen LogP contribution in [0.4, 0.5) is 4.39 Å².